The van der Waals surface area contributed by atoms with E-state index < -0.39 is 0 Å². The van der Waals surface area contributed by atoms with Crippen LogP contribution in [0.1, 0.15) is 37.7 Å². The zero-order valence-electron chi connectivity index (χ0n) is 12.5. The number of piperazine rings is 1. The lowest BCUT2D eigenvalue weighted by atomic mass is 9.82. The van der Waals surface area contributed by atoms with Crippen LogP contribution in [0, 0.1) is 11.7 Å². The van der Waals surface area contributed by atoms with E-state index in [1.807, 2.05) is 6.07 Å². The molecule has 0 radical (unpaired) electrons. The van der Waals surface area contributed by atoms with E-state index in [4.69, 9.17) is 11.6 Å². The van der Waals surface area contributed by atoms with E-state index in [1.165, 1.54) is 38.2 Å². The summed E-state index contributed by atoms with van der Waals surface area (Å²) in [6.07, 6.45) is 6.76. The normalized spacial score (nSPS) is 25.1. The third-order valence-corrected chi connectivity index (χ3v) is 5.42. The molecule has 1 aromatic carbocycles. The van der Waals surface area contributed by atoms with E-state index >= 15 is 0 Å². The van der Waals surface area contributed by atoms with Crippen molar-refractivity contribution in [3.05, 3.63) is 34.6 Å². The van der Waals surface area contributed by atoms with Crippen molar-refractivity contribution < 1.29 is 4.39 Å². The Balaban J connectivity index is 1.73. The smallest absolute Gasteiger partial charge is 0.142 e. The zero-order valence-corrected chi connectivity index (χ0v) is 13.2. The molecule has 1 aliphatic heterocycles. The highest BCUT2D eigenvalue weighted by Crippen LogP contribution is 2.31. The second kappa shape index (κ2) is 7.08. The summed E-state index contributed by atoms with van der Waals surface area (Å²) in [6.45, 7) is 3.85. The Morgan fingerprint density at radius 3 is 2.86 bits per heavy atom. The molecule has 1 atom stereocenters. The maximum atomic E-state index is 13.6. The van der Waals surface area contributed by atoms with Crippen LogP contribution < -0.4 is 5.32 Å². The molecule has 3 rings (SSSR count). The van der Waals surface area contributed by atoms with Crippen LogP contribution in [0.2, 0.25) is 5.02 Å². The molecular weight excluding hydrogens is 287 g/mol. The van der Waals surface area contributed by atoms with E-state index in [-0.39, 0.29) is 5.82 Å². The first kappa shape index (κ1) is 15.3. The summed E-state index contributed by atoms with van der Waals surface area (Å²) in [6, 6.07) is 5.71. The molecule has 1 saturated heterocycles. The molecule has 21 heavy (non-hydrogen) atoms. The van der Waals surface area contributed by atoms with Gasteiger partial charge in [-0.3, -0.25) is 4.90 Å². The van der Waals surface area contributed by atoms with Gasteiger partial charge >= 0.3 is 0 Å². The van der Waals surface area contributed by atoms with Crippen LogP contribution in [-0.2, 0) is 6.54 Å². The van der Waals surface area contributed by atoms with Crippen LogP contribution in [0.3, 0.4) is 0 Å². The summed E-state index contributed by atoms with van der Waals surface area (Å²) in [5.74, 6) is 0.470. The maximum Gasteiger partial charge on any atom is 0.142 e. The van der Waals surface area contributed by atoms with Crippen molar-refractivity contribution in [2.75, 3.05) is 19.6 Å². The summed E-state index contributed by atoms with van der Waals surface area (Å²) in [7, 11) is 0. The third kappa shape index (κ3) is 3.58. The van der Waals surface area contributed by atoms with Crippen molar-refractivity contribution >= 4 is 11.6 Å². The Hall–Kier alpha value is -0.640. The summed E-state index contributed by atoms with van der Waals surface area (Å²) >= 11 is 6.13. The van der Waals surface area contributed by atoms with Crippen molar-refractivity contribution in [3.63, 3.8) is 0 Å². The first-order chi connectivity index (χ1) is 10.3. The van der Waals surface area contributed by atoms with Crippen LogP contribution in [0.5, 0.6) is 0 Å². The van der Waals surface area contributed by atoms with Gasteiger partial charge in [0.2, 0.25) is 0 Å². The van der Waals surface area contributed by atoms with Crippen molar-refractivity contribution in [1.29, 1.82) is 0 Å². The summed E-state index contributed by atoms with van der Waals surface area (Å²) in [5, 5.41) is 3.82. The number of hydrogen-bond donors (Lipinski definition) is 1. The molecule has 116 valence electrons. The van der Waals surface area contributed by atoms with Gasteiger partial charge in [0, 0.05) is 32.2 Å². The van der Waals surface area contributed by atoms with Gasteiger partial charge in [0.25, 0.3) is 0 Å². The van der Waals surface area contributed by atoms with Crippen molar-refractivity contribution in [2.24, 2.45) is 5.92 Å². The number of hydrogen-bond acceptors (Lipinski definition) is 2. The van der Waals surface area contributed by atoms with E-state index in [0.29, 0.717) is 11.1 Å². The average molecular weight is 311 g/mol. The summed E-state index contributed by atoms with van der Waals surface area (Å²) in [4.78, 5) is 2.51. The molecule has 2 aliphatic rings. The second-order valence-electron chi connectivity index (χ2n) is 6.35. The molecule has 0 amide bonds. The number of halogens is 2. The zero-order chi connectivity index (χ0) is 14.7. The largest absolute Gasteiger partial charge is 0.314 e. The van der Waals surface area contributed by atoms with Gasteiger partial charge in [-0.1, -0.05) is 43.0 Å². The molecule has 0 aromatic heterocycles. The minimum atomic E-state index is -0.307. The van der Waals surface area contributed by atoms with Crippen molar-refractivity contribution in [3.8, 4) is 0 Å². The highest BCUT2D eigenvalue weighted by molar-refractivity contribution is 6.31. The summed E-state index contributed by atoms with van der Waals surface area (Å²) < 4.78 is 13.6. The Morgan fingerprint density at radius 1 is 1.24 bits per heavy atom. The molecule has 1 unspecified atom stereocenters. The van der Waals surface area contributed by atoms with Gasteiger partial charge in [0.05, 0.1) is 5.02 Å². The van der Waals surface area contributed by atoms with Crippen LogP contribution >= 0.6 is 11.6 Å². The quantitative estimate of drug-likeness (QED) is 0.912. The number of nitrogens with zero attached hydrogens (tertiary/aromatic N) is 1. The monoisotopic (exact) mass is 310 g/mol. The number of benzene rings is 1. The molecule has 0 bridgehead atoms. The number of rotatable bonds is 3. The topological polar surface area (TPSA) is 15.3 Å². The standard InChI is InChI=1S/C17H24ClFN2/c18-17-14(7-4-8-15(17)19)12-21-10-9-20-11-16(21)13-5-2-1-3-6-13/h4,7-8,13,16,20H,1-3,5-6,9-12H2. The molecule has 2 nitrogen and oxygen atoms in total. The van der Waals surface area contributed by atoms with Crippen molar-refractivity contribution in [2.45, 2.75) is 44.7 Å². The van der Waals surface area contributed by atoms with E-state index in [9.17, 15) is 4.39 Å². The van der Waals surface area contributed by atoms with E-state index in [1.54, 1.807) is 6.07 Å². The molecule has 1 aromatic rings. The first-order valence-electron chi connectivity index (χ1n) is 8.13. The van der Waals surface area contributed by atoms with Gasteiger partial charge in [0.15, 0.2) is 0 Å². The minimum Gasteiger partial charge on any atom is -0.314 e. The highest BCUT2D eigenvalue weighted by Gasteiger charge is 2.31. The lowest BCUT2D eigenvalue weighted by molar-refractivity contribution is 0.0859. The first-order valence-corrected chi connectivity index (χ1v) is 8.51. The van der Waals surface area contributed by atoms with Crippen LogP contribution in [-0.4, -0.2) is 30.6 Å². The van der Waals surface area contributed by atoms with Crippen LogP contribution in [0.25, 0.3) is 0 Å². The van der Waals surface area contributed by atoms with Crippen LogP contribution in [0.4, 0.5) is 4.39 Å². The van der Waals surface area contributed by atoms with E-state index in [2.05, 4.69) is 10.2 Å². The predicted octanol–water partition coefficient (Wildman–Crippen LogP) is 3.83. The molecule has 1 aliphatic carbocycles. The number of nitrogens with one attached hydrogen (secondary N) is 1. The molecule has 1 saturated carbocycles. The lowest BCUT2D eigenvalue weighted by Crippen LogP contribution is -2.54. The average Bonchev–Trinajstić information content (AvgIpc) is 2.53. The second-order valence-corrected chi connectivity index (χ2v) is 6.73. The molecule has 0 spiro atoms. The van der Waals surface area contributed by atoms with Gasteiger partial charge in [-0.05, 0) is 30.4 Å². The fourth-order valence-corrected chi connectivity index (χ4v) is 4.02. The molecule has 4 heteroatoms. The fourth-order valence-electron chi connectivity index (χ4n) is 3.84. The maximum absolute atomic E-state index is 13.6. The molecule has 2 fully saturated rings. The van der Waals surface area contributed by atoms with E-state index in [0.717, 1.165) is 37.7 Å². The Labute approximate surface area is 131 Å². The molecule has 1 heterocycles. The van der Waals surface area contributed by atoms with Gasteiger partial charge in [-0.2, -0.15) is 0 Å². The lowest BCUT2D eigenvalue weighted by Gasteiger charge is -2.42. The summed E-state index contributed by atoms with van der Waals surface area (Å²) in [5.41, 5.74) is 0.916. The minimum absolute atomic E-state index is 0.290. The predicted molar refractivity (Wildman–Crippen MR) is 85.1 cm³/mol. The van der Waals surface area contributed by atoms with Crippen molar-refractivity contribution in [1.82, 2.24) is 10.2 Å². The van der Waals surface area contributed by atoms with Crippen LogP contribution in [0.15, 0.2) is 18.2 Å². The Kier molecular flexibility index (Phi) is 5.15. The highest BCUT2D eigenvalue weighted by atomic mass is 35.5. The van der Waals surface area contributed by atoms with Gasteiger partial charge in [-0.25, -0.2) is 4.39 Å². The van der Waals surface area contributed by atoms with Gasteiger partial charge in [-0.15, -0.1) is 0 Å². The SMILES string of the molecule is Fc1cccc(CN2CCNCC2C2CCCCC2)c1Cl. The fraction of sp³-hybridized carbons (Fsp3) is 0.647. The Morgan fingerprint density at radius 2 is 2.05 bits per heavy atom. The molecule has 1 N–H and O–H groups in total. The Bertz CT molecular complexity index is 474. The molecular formula is C17H24ClFN2. The van der Waals surface area contributed by atoms with Gasteiger partial charge < -0.3 is 5.32 Å². The third-order valence-electron chi connectivity index (χ3n) is 5.00. The van der Waals surface area contributed by atoms with Gasteiger partial charge in [0.1, 0.15) is 5.82 Å².